The normalized spacial score (nSPS) is 15.9. The molecule has 116 valence electrons. The molecule has 1 saturated carbocycles. The van der Waals surface area contributed by atoms with Gasteiger partial charge in [0.1, 0.15) is 11.5 Å². The van der Waals surface area contributed by atoms with Crippen LogP contribution in [0.1, 0.15) is 42.7 Å². The van der Waals surface area contributed by atoms with Gasteiger partial charge in [0.15, 0.2) is 0 Å². The first-order chi connectivity index (χ1) is 9.97. The first kappa shape index (κ1) is 15.5. The molecule has 0 aromatic heterocycles. The van der Waals surface area contributed by atoms with E-state index in [2.05, 4.69) is 0 Å². The highest BCUT2D eigenvalue weighted by atomic mass is 19.3. The molecule has 1 N–H and O–H groups in total. The van der Waals surface area contributed by atoms with E-state index in [1.54, 1.807) is 0 Å². The molecule has 0 amide bonds. The van der Waals surface area contributed by atoms with Crippen LogP contribution in [-0.2, 0) is 4.79 Å². The molecule has 4 nitrogen and oxygen atoms in total. The lowest BCUT2D eigenvalue weighted by Crippen LogP contribution is -2.10. The van der Waals surface area contributed by atoms with Gasteiger partial charge in [0.2, 0.25) is 0 Å². The molecular weight excluding hydrogens is 282 g/mol. The Labute approximate surface area is 121 Å². The van der Waals surface area contributed by atoms with Gasteiger partial charge in [0.05, 0.1) is 26.2 Å². The van der Waals surface area contributed by atoms with Gasteiger partial charge in [-0.05, 0) is 30.9 Å². The molecule has 1 aromatic carbocycles. The first-order valence-electron chi connectivity index (χ1n) is 6.73. The standard InChI is InChI=1S/C15H18F2O4/c1-20-12-6-11(15(16)17)13(21-2)5-10(12)9(7-14(18)19)8-3-4-8/h5-6,8-9,15H,3-4,7H2,1-2H3,(H,18,19). The fourth-order valence-corrected chi connectivity index (χ4v) is 2.62. The van der Waals surface area contributed by atoms with Gasteiger partial charge in [0.25, 0.3) is 6.43 Å². The first-order valence-corrected chi connectivity index (χ1v) is 6.73. The van der Waals surface area contributed by atoms with E-state index in [1.165, 1.54) is 26.4 Å². The van der Waals surface area contributed by atoms with Crippen LogP contribution in [0, 0.1) is 5.92 Å². The molecule has 0 spiro atoms. The van der Waals surface area contributed by atoms with Crippen molar-refractivity contribution in [3.05, 3.63) is 23.3 Å². The Morgan fingerprint density at radius 2 is 1.76 bits per heavy atom. The second kappa shape index (κ2) is 6.28. The number of methoxy groups -OCH3 is 2. The number of carbonyl (C=O) groups is 1. The maximum absolute atomic E-state index is 13.0. The van der Waals surface area contributed by atoms with E-state index >= 15 is 0 Å². The van der Waals surface area contributed by atoms with E-state index < -0.39 is 12.4 Å². The third-order valence-electron chi connectivity index (χ3n) is 3.80. The summed E-state index contributed by atoms with van der Waals surface area (Å²) in [5.74, 6) is -0.526. The van der Waals surface area contributed by atoms with Crippen LogP contribution in [-0.4, -0.2) is 25.3 Å². The van der Waals surface area contributed by atoms with Gasteiger partial charge in [-0.25, -0.2) is 8.78 Å². The predicted molar refractivity (Wildman–Crippen MR) is 72.2 cm³/mol. The zero-order chi connectivity index (χ0) is 15.6. The Bertz CT molecular complexity index is 527. The van der Waals surface area contributed by atoms with Crippen molar-refractivity contribution in [2.75, 3.05) is 14.2 Å². The van der Waals surface area contributed by atoms with E-state index in [9.17, 15) is 13.6 Å². The number of hydrogen-bond donors (Lipinski definition) is 1. The third kappa shape index (κ3) is 3.43. The van der Waals surface area contributed by atoms with Crippen LogP contribution in [0.4, 0.5) is 8.78 Å². The van der Waals surface area contributed by atoms with Gasteiger partial charge >= 0.3 is 5.97 Å². The summed E-state index contributed by atoms with van der Waals surface area (Å²) in [6.45, 7) is 0. The highest BCUT2D eigenvalue weighted by Gasteiger charge is 2.36. The van der Waals surface area contributed by atoms with Crippen molar-refractivity contribution in [1.82, 2.24) is 0 Å². The van der Waals surface area contributed by atoms with Gasteiger partial charge in [-0.3, -0.25) is 4.79 Å². The maximum Gasteiger partial charge on any atom is 0.303 e. The fourth-order valence-electron chi connectivity index (χ4n) is 2.62. The SMILES string of the molecule is COc1cc(C(CC(=O)O)C2CC2)c(OC)cc1C(F)F. The molecule has 0 bridgehead atoms. The highest BCUT2D eigenvalue weighted by molar-refractivity contribution is 5.69. The van der Waals surface area contributed by atoms with Crippen molar-refractivity contribution >= 4 is 5.97 Å². The second-order valence-corrected chi connectivity index (χ2v) is 5.18. The zero-order valence-corrected chi connectivity index (χ0v) is 11.9. The molecule has 1 unspecified atom stereocenters. The molecule has 1 atom stereocenters. The third-order valence-corrected chi connectivity index (χ3v) is 3.80. The molecule has 0 saturated heterocycles. The number of alkyl halides is 2. The molecule has 0 aliphatic heterocycles. The lowest BCUT2D eigenvalue weighted by Gasteiger charge is -2.20. The van der Waals surface area contributed by atoms with Gasteiger partial charge in [-0.2, -0.15) is 0 Å². The average molecular weight is 300 g/mol. The zero-order valence-electron chi connectivity index (χ0n) is 11.9. The monoisotopic (exact) mass is 300 g/mol. The predicted octanol–water partition coefficient (Wildman–Crippen LogP) is 3.61. The minimum absolute atomic E-state index is 0.0434. The van der Waals surface area contributed by atoms with Crippen LogP contribution >= 0.6 is 0 Å². The quantitative estimate of drug-likeness (QED) is 0.835. The number of carboxylic acid groups (broad SMARTS) is 1. The molecule has 21 heavy (non-hydrogen) atoms. The molecule has 0 heterocycles. The summed E-state index contributed by atoms with van der Waals surface area (Å²) in [4.78, 5) is 11.1. The maximum atomic E-state index is 13.0. The summed E-state index contributed by atoms with van der Waals surface area (Å²) >= 11 is 0. The van der Waals surface area contributed by atoms with Crippen molar-refractivity contribution in [3.63, 3.8) is 0 Å². The Morgan fingerprint density at radius 3 is 2.19 bits per heavy atom. The minimum Gasteiger partial charge on any atom is -0.496 e. The van der Waals surface area contributed by atoms with Gasteiger partial charge in [-0.15, -0.1) is 0 Å². The Hall–Kier alpha value is -1.85. The lowest BCUT2D eigenvalue weighted by atomic mass is 9.89. The molecule has 1 aliphatic carbocycles. The Kier molecular flexibility index (Phi) is 4.65. The molecular formula is C15H18F2O4. The second-order valence-electron chi connectivity index (χ2n) is 5.18. The van der Waals surface area contributed by atoms with Crippen molar-refractivity contribution < 1.29 is 28.2 Å². The van der Waals surface area contributed by atoms with E-state index in [1.807, 2.05) is 0 Å². The smallest absolute Gasteiger partial charge is 0.303 e. The molecule has 1 fully saturated rings. The van der Waals surface area contributed by atoms with Crippen molar-refractivity contribution in [2.24, 2.45) is 5.92 Å². The van der Waals surface area contributed by atoms with Crippen LogP contribution in [0.3, 0.4) is 0 Å². The number of halogens is 2. The van der Waals surface area contributed by atoms with Crippen molar-refractivity contribution in [1.29, 1.82) is 0 Å². The van der Waals surface area contributed by atoms with Crippen LogP contribution in [0.5, 0.6) is 11.5 Å². The molecule has 2 rings (SSSR count). The molecule has 1 aromatic rings. The summed E-state index contributed by atoms with van der Waals surface area (Å²) in [5.41, 5.74) is 0.381. The number of hydrogen-bond acceptors (Lipinski definition) is 3. The molecule has 0 radical (unpaired) electrons. The van der Waals surface area contributed by atoms with Gasteiger partial charge in [0, 0.05) is 11.5 Å². The number of carboxylic acids is 1. The van der Waals surface area contributed by atoms with Gasteiger partial charge < -0.3 is 14.6 Å². The van der Waals surface area contributed by atoms with Crippen LogP contribution in [0.25, 0.3) is 0 Å². The number of ether oxygens (including phenoxy) is 2. The van der Waals surface area contributed by atoms with Gasteiger partial charge in [-0.1, -0.05) is 0 Å². The Balaban J connectivity index is 2.47. The number of benzene rings is 1. The summed E-state index contributed by atoms with van der Waals surface area (Å²) in [6, 6.07) is 2.74. The molecule has 1 aliphatic rings. The number of rotatable bonds is 7. The fraction of sp³-hybridized carbons (Fsp3) is 0.533. The summed E-state index contributed by atoms with van der Waals surface area (Å²) in [5, 5.41) is 9.06. The van der Waals surface area contributed by atoms with Crippen molar-refractivity contribution in [2.45, 2.75) is 31.6 Å². The summed E-state index contributed by atoms with van der Waals surface area (Å²) in [7, 11) is 2.71. The van der Waals surface area contributed by atoms with E-state index in [0.717, 1.165) is 12.8 Å². The average Bonchev–Trinajstić information content (AvgIpc) is 3.27. The highest BCUT2D eigenvalue weighted by Crippen LogP contribution is 2.49. The lowest BCUT2D eigenvalue weighted by molar-refractivity contribution is -0.137. The largest absolute Gasteiger partial charge is 0.496 e. The van der Waals surface area contributed by atoms with Crippen LogP contribution < -0.4 is 9.47 Å². The van der Waals surface area contributed by atoms with E-state index in [0.29, 0.717) is 11.3 Å². The summed E-state index contributed by atoms with van der Waals surface area (Å²) < 4.78 is 36.2. The van der Waals surface area contributed by atoms with E-state index in [4.69, 9.17) is 14.6 Å². The Morgan fingerprint density at radius 1 is 1.24 bits per heavy atom. The van der Waals surface area contributed by atoms with Crippen molar-refractivity contribution in [3.8, 4) is 11.5 Å². The molecule has 6 heteroatoms. The van der Waals surface area contributed by atoms with E-state index in [-0.39, 0.29) is 29.6 Å². The number of aliphatic carboxylic acids is 1. The topological polar surface area (TPSA) is 55.8 Å². The van der Waals surface area contributed by atoms with Crippen LogP contribution in [0.2, 0.25) is 0 Å². The summed E-state index contributed by atoms with van der Waals surface area (Å²) in [6.07, 6.45) is -0.833. The minimum atomic E-state index is -2.68. The van der Waals surface area contributed by atoms with Crippen LogP contribution in [0.15, 0.2) is 12.1 Å².